The lowest BCUT2D eigenvalue weighted by molar-refractivity contribution is 0.0733. The van der Waals surface area contributed by atoms with Crippen LogP contribution in [0, 0.1) is 5.92 Å². The smallest absolute Gasteiger partial charge is 0.254 e. The van der Waals surface area contributed by atoms with Gasteiger partial charge in [-0.3, -0.25) is 4.79 Å². The molecule has 1 aromatic carbocycles. The summed E-state index contributed by atoms with van der Waals surface area (Å²) in [6.07, 6.45) is 5.23. The van der Waals surface area contributed by atoms with Crippen molar-refractivity contribution in [2.24, 2.45) is 5.92 Å². The Morgan fingerprint density at radius 3 is 2.85 bits per heavy atom. The van der Waals surface area contributed by atoms with Crippen molar-refractivity contribution in [2.75, 3.05) is 32.8 Å². The summed E-state index contributed by atoms with van der Waals surface area (Å²) in [5, 5.41) is 0. The number of hydrogen-bond donors (Lipinski definition) is 0. The van der Waals surface area contributed by atoms with Gasteiger partial charge in [-0.25, -0.2) is 8.42 Å². The Balaban J connectivity index is 1.57. The molecule has 2 atom stereocenters. The molecular formula is C19H26N2O4S. The number of carbonyl (C=O) groups is 1. The molecule has 1 saturated carbocycles. The summed E-state index contributed by atoms with van der Waals surface area (Å²) in [4.78, 5) is 15.2. The summed E-state index contributed by atoms with van der Waals surface area (Å²) in [5.41, 5.74) is 0.477. The molecule has 2 aliphatic heterocycles. The van der Waals surface area contributed by atoms with Crippen molar-refractivity contribution < 1.29 is 17.9 Å². The number of rotatable bonds is 3. The lowest BCUT2D eigenvalue weighted by Crippen LogP contribution is -2.36. The van der Waals surface area contributed by atoms with Crippen LogP contribution in [0.25, 0.3) is 0 Å². The van der Waals surface area contributed by atoms with Gasteiger partial charge in [-0.05, 0) is 49.8 Å². The van der Waals surface area contributed by atoms with Crippen LogP contribution >= 0.6 is 0 Å². The molecule has 0 radical (unpaired) electrons. The molecule has 3 fully saturated rings. The van der Waals surface area contributed by atoms with Crippen LogP contribution in [0.3, 0.4) is 0 Å². The van der Waals surface area contributed by atoms with E-state index >= 15 is 0 Å². The van der Waals surface area contributed by atoms with Crippen molar-refractivity contribution >= 4 is 15.9 Å². The van der Waals surface area contributed by atoms with Crippen molar-refractivity contribution in [3.8, 4) is 0 Å². The number of carbonyl (C=O) groups excluding carboxylic acids is 1. The first-order valence-corrected chi connectivity index (χ1v) is 11.0. The monoisotopic (exact) mass is 378 g/mol. The van der Waals surface area contributed by atoms with Crippen LogP contribution in [-0.2, 0) is 14.8 Å². The van der Waals surface area contributed by atoms with Crippen LogP contribution in [0.2, 0.25) is 0 Å². The minimum Gasteiger partial charge on any atom is -0.380 e. The Morgan fingerprint density at radius 2 is 2.00 bits per heavy atom. The molecule has 2 heterocycles. The van der Waals surface area contributed by atoms with Crippen LogP contribution in [-0.4, -0.2) is 62.4 Å². The number of hydrogen-bond acceptors (Lipinski definition) is 4. The van der Waals surface area contributed by atoms with E-state index in [1.807, 2.05) is 4.90 Å². The van der Waals surface area contributed by atoms with E-state index in [0.717, 1.165) is 19.4 Å². The highest BCUT2D eigenvalue weighted by atomic mass is 32.2. The number of sulfonamides is 1. The van der Waals surface area contributed by atoms with Gasteiger partial charge in [-0.15, -0.1) is 0 Å². The van der Waals surface area contributed by atoms with E-state index in [-0.39, 0.29) is 10.8 Å². The van der Waals surface area contributed by atoms with Gasteiger partial charge in [0.25, 0.3) is 5.91 Å². The van der Waals surface area contributed by atoms with E-state index < -0.39 is 10.0 Å². The Bertz CT molecular complexity index is 771. The first-order valence-electron chi connectivity index (χ1n) is 9.54. The van der Waals surface area contributed by atoms with Gasteiger partial charge in [0.2, 0.25) is 10.0 Å². The molecule has 0 N–H and O–H groups in total. The first-order chi connectivity index (χ1) is 12.6. The molecule has 1 amide bonds. The maximum Gasteiger partial charge on any atom is 0.254 e. The second kappa shape index (κ2) is 7.29. The van der Waals surface area contributed by atoms with E-state index in [0.29, 0.717) is 50.2 Å². The zero-order valence-corrected chi connectivity index (χ0v) is 15.8. The van der Waals surface area contributed by atoms with Gasteiger partial charge < -0.3 is 9.64 Å². The molecule has 0 unspecified atom stereocenters. The number of fused-ring (bicyclic) bond motifs is 2. The predicted octanol–water partition coefficient (Wildman–Crippen LogP) is 2.11. The summed E-state index contributed by atoms with van der Waals surface area (Å²) < 4.78 is 32.8. The van der Waals surface area contributed by atoms with Crippen molar-refractivity contribution in [1.29, 1.82) is 0 Å². The molecule has 4 rings (SSSR count). The third kappa shape index (κ3) is 3.40. The maximum absolute atomic E-state index is 13.0. The summed E-state index contributed by atoms with van der Waals surface area (Å²) in [6.45, 7) is 2.62. The van der Waals surface area contributed by atoms with Gasteiger partial charge in [-0.2, -0.15) is 4.31 Å². The van der Waals surface area contributed by atoms with Crippen LogP contribution in [0.15, 0.2) is 29.2 Å². The van der Waals surface area contributed by atoms with Crippen molar-refractivity contribution in [3.05, 3.63) is 29.8 Å². The van der Waals surface area contributed by atoms with Gasteiger partial charge in [0.05, 0.1) is 11.5 Å². The van der Waals surface area contributed by atoms with Crippen molar-refractivity contribution in [2.45, 2.75) is 43.0 Å². The third-order valence-electron chi connectivity index (χ3n) is 5.81. The molecule has 1 aromatic rings. The average molecular weight is 378 g/mol. The van der Waals surface area contributed by atoms with E-state index in [4.69, 9.17) is 4.74 Å². The molecular weight excluding hydrogens is 352 g/mol. The van der Waals surface area contributed by atoms with Crippen LogP contribution in [0.1, 0.15) is 42.5 Å². The molecule has 7 heteroatoms. The molecule has 1 aliphatic carbocycles. The summed E-state index contributed by atoms with van der Waals surface area (Å²) in [5.74, 6) is 0.581. The number of likely N-dealkylation sites (tertiary alicyclic amines) is 1. The summed E-state index contributed by atoms with van der Waals surface area (Å²) in [7, 11) is -3.60. The van der Waals surface area contributed by atoms with E-state index in [1.165, 1.54) is 17.1 Å². The quantitative estimate of drug-likeness (QED) is 0.808. The molecule has 0 aromatic heterocycles. The maximum atomic E-state index is 13.0. The second-order valence-electron chi connectivity index (χ2n) is 7.54. The number of ether oxygens (including phenoxy) is 1. The zero-order valence-electron chi connectivity index (χ0n) is 15.0. The highest BCUT2D eigenvalue weighted by Gasteiger charge is 2.38. The molecule has 2 saturated heterocycles. The number of benzene rings is 1. The lowest BCUT2D eigenvalue weighted by atomic mass is 9.90. The van der Waals surface area contributed by atoms with Gasteiger partial charge in [0, 0.05) is 37.8 Å². The highest BCUT2D eigenvalue weighted by molar-refractivity contribution is 7.89. The zero-order chi connectivity index (χ0) is 18.1. The molecule has 2 bridgehead atoms. The summed E-state index contributed by atoms with van der Waals surface area (Å²) in [6, 6.07) is 6.86. The van der Waals surface area contributed by atoms with E-state index in [2.05, 4.69) is 0 Å². The average Bonchev–Trinajstić information content (AvgIpc) is 2.85. The third-order valence-corrected chi connectivity index (χ3v) is 7.71. The topological polar surface area (TPSA) is 66.9 Å². The SMILES string of the molecule is O=C(c1cccc(S(=O)(=O)N2CCCOCC2)c1)N1C[C@@H]2CCC[C@H]1C2. The van der Waals surface area contributed by atoms with Gasteiger partial charge >= 0.3 is 0 Å². The van der Waals surface area contributed by atoms with Crippen LogP contribution in [0.4, 0.5) is 0 Å². The van der Waals surface area contributed by atoms with E-state index in [1.54, 1.807) is 24.3 Å². The van der Waals surface area contributed by atoms with Gasteiger partial charge in [0.1, 0.15) is 0 Å². The van der Waals surface area contributed by atoms with Gasteiger partial charge in [-0.1, -0.05) is 12.5 Å². The van der Waals surface area contributed by atoms with Crippen molar-refractivity contribution in [3.63, 3.8) is 0 Å². The molecule has 3 aliphatic rings. The molecule has 6 nitrogen and oxygen atoms in total. The molecule has 142 valence electrons. The van der Waals surface area contributed by atoms with E-state index in [9.17, 15) is 13.2 Å². The normalized spacial score (nSPS) is 27.3. The predicted molar refractivity (Wildman–Crippen MR) is 97.4 cm³/mol. The second-order valence-corrected chi connectivity index (χ2v) is 9.48. The highest BCUT2D eigenvalue weighted by Crippen LogP contribution is 2.36. The minimum atomic E-state index is -3.60. The van der Waals surface area contributed by atoms with Crippen LogP contribution < -0.4 is 0 Å². The lowest BCUT2D eigenvalue weighted by Gasteiger charge is -2.25. The Kier molecular flexibility index (Phi) is 5.03. The molecule has 26 heavy (non-hydrogen) atoms. The molecule has 0 spiro atoms. The first kappa shape index (κ1) is 17.9. The van der Waals surface area contributed by atoms with Gasteiger partial charge in [0.15, 0.2) is 0 Å². The number of nitrogens with zero attached hydrogens (tertiary/aromatic N) is 2. The fourth-order valence-corrected chi connectivity index (χ4v) is 5.96. The number of amides is 1. The summed E-state index contributed by atoms with van der Waals surface area (Å²) >= 11 is 0. The Morgan fingerprint density at radius 1 is 1.12 bits per heavy atom. The fourth-order valence-electron chi connectivity index (χ4n) is 4.46. The van der Waals surface area contributed by atoms with Crippen LogP contribution in [0.5, 0.6) is 0 Å². The Labute approximate surface area is 155 Å². The Hall–Kier alpha value is -1.44. The largest absolute Gasteiger partial charge is 0.380 e. The fraction of sp³-hybridized carbons (Fsp3) is 0.632. The minimum absolute atomic E-state index is 0.0318. The van der Waals surface area contributed by atoms with Crippen molar-refractivity contribution in [1.82, 2.24) is 9.21 Å². The standard InChI is InChI=1S/C19H26N2O4S/c22-19(21-14-15-4-1-6-17(21)12-15)16-5-2-7-18(13-16)26(23,24)20-8-3-10-25-11-9-20/h2,5,7,13,15,17H,1,3-4,6,8-12,14H2/t15-,17+/m1/s1.